The fraction of sp³-hybridized carbons (Fsp3) is 0.667. The molecule has 0 radical (unpaired) electrons. The molecule has 0 bridgehead atoms. The van der Waals surface area contributed by atoms with Crippen LogP contribution >= 0.6 is 0 Å². The van der Waals surface area contributed by atoms with Gasteiger partial charge in [-0.1, -0.05) is 39.8 Å². The summed E-state index contributed by atoms with van der Waals surface area (Å²) in [5.74, 6) is -0.400. The summed E-state index contributed by atoms with van der Waals surface area (Å²) in [5, 5.41) is 13.2. The minimum Gasteiger partial charge on any atom is -0.477 e. The summed E-state index contributed by atoms with van der Waals surface area (Å²) >= 11 is 0. The summed E-state index contributed by atoms with van der Waals surface area (Å²) in [7, 11) is 0. The number of carboxylic acids is 1. The van der Waals surface area contributed by atoms with Crippen molar-refractivity contribution in [2.45, 2.75) is 52.4 Å². The summed E-state index contributed by atoms with van der Waals surface area (Å²) in [5.41, 5.74) is 0.452. The summed E-state index contributed by atoms with van der Waals surface area (Å²) < 4.78 is 5.21. The first-order valence-corrected chi connectivity index (χ1v) is 5.52. The summed E-state index contributed by atoms with van der Waals surface area (Å²) in [6.07, 6.45) is 0.844. The van der Waals surface area contributed by atoms with E-state index < -0.39 is 5.97 Å². The van der Waals surface area contributed by atoms with Crippen molar-refractivity contribution < 1.29 is 14.4 Å². The molecule has 1 aromatic rings. The van der Waals surface area contributed by atoms with E-state index in [2.05, 4.69) is 5.16 Å². The molecule has 1 rings (SSSR count). The Morgan fingerprint density at radius 1 is 1.50 bits per heavy atom. The molecule has 0 saturated carbocycles. The monoisotopic (exact) mass is 225 g/mol. The average Bonchev–Trinajstić information content (AvgIpc) is 2.59. The quantitative estimate of drug-likeness (QED) is 0.858. The van der Waals surface area contributed by atoms with E-state index in [0.717, 1.165) is 6.42 Å². The van der Waals surface area contributed by atoms with E-state index in [4.69, 9.17) is 4.52 Å². The van der Waals surface area contributed by atoms with Gasteiger partial charge < -0.3 is 9.63 Å². The summed E-state index contributed by atoms with van der Waals surface area (Å²) in [6, 6.07) is 0. The Morgan fingerprint density at radius 3 is 2.44 bits per heavy atom. The highest BCUT2D eigenvalue weighted by Crippen LogP contribution is 2.32. The molecule has 1 N–H and O–H groups in total. The minimum absolute atomic E-state index is 0.103. The molecular formula is C12H19NO3. The second-order valence-electron chi connectivity index (χ2n) is 5.14. The minimum atomic E-state index is -0.957. The van der Waals surface area contributed by atoms with Gasteiger partial charge in [-0.2, -0.15) is 0 Å². The van der Waals surface area contributed by atoms with Crippen molar-refractivity contribution in [1.29, 1.82) is 0 Å². The molecule has 16 heavy (non-hydrogen) atoms. The van der Waals surface area contributed by atoms with E-state index in [1.165, 1.54) is 0 Å². The van der Waals surface area contributed by atoms with Crippen LogP contribution < -0.4 is 0 Å². The first kappa shape index (κ1) is 12.7. The topological polar surface area (TPSA) is 63.3 Å². The number of aromatic carboxylic acids is 1. The SMILES string of the molecule is CCC(C)c1noc(C(C)(C)C)c1C(=O)O. The third-order valence-electron chi connectivity index (χ3n) is 2.69. The lowest BCUT2D eigenvalue weighted by Gasteiger charge is -2.15. The molecule has 0 fully saturated rings. The van der Waals surface area contributed by atoms with Crippen LogP contribution in [0.1, 0.15) is 68.8 Å². The molecule has 0 saturated heterocycles. The maximum atomic E-state index is 11.3. The largest absolute Gasteiger partial charge is 0.477 e. The molecule has 4 heteroatoms. The van der Waals surface area contributed by atoms with E-state index in [0.29, 0.717) is 11.5 Å². The van der Waals surface area contributed by atoms with Gasteiger partial charge in [0, 0.05) is 11.3 Å². The van der Waals surface area contributed by atoms with Crippen LogP contribution in [0.4, 0.5) is 0 Å². The van der Waals surface area contributed by atoms with E-state index in [1.807, 2.05) is 34.6 Å². The Balaban J connectivity index is 3.34. The second-order valence-corrected chi connectivity index (χ2v) is 5.14. The van der Waals surface area contributed by atoms with Crippen molar-refractivity contribution in [3.05, 3.63) is 17.0 Å². The predicted octanol–water partition coefficient (Wildman–Crippen LogP) is 3.18. The van der Waals surface area contributed by atoms with Crippen molar-refractivity contribution >= 4 is 5.97 Å². The van der Waals surface area contributed by atoms with Crippen LogP contribution in [-0.4, -0.2) is 16.2 Å². The van der Waals surface area contributed by atoms with Crippen molar-refractivity contribution in [1.82, 2.24) is 5.16 Å². The fourth-order valence-electron chi connectivity index (χ4n) is 1.55. The molecule has 0 aromatic carbocycles. The van der Waals surface area contributed by atoms with Gasteiger partial charge in [0.05, 0.1) is 0 Å². The maximum absolute atomic E-state index is 11.3. The van der Waals surface area contributed by atoms with Crippen LogP contribution in [0.3, 0.4) is 0 Å². The summed E-state index contributed by atoms with van der Waals surface area (Å²) in [4.78, 5) is 11.3. The molecule has 4 nitrogen and oxygen atoms in total. The third-order valence-corrected chi connectivity index (χ3v) is 2.69. The maximum Gasteiger partial charge on any atom is 0.341 e. The van der Waals surface area contributed by atoms with E-state index in [1.54, 1.807) is 0 Å². The number of aromatic nitrogens is 1. The Hall–Kier alpha value is -1.32. The van der Waals surface area contributed by atoms with Gasteiger partial charge in [-0.05, 0) is 6.42 Å². The van der Waals surface area contributed by atoms with E-state index in [-0.39, 0.29) is 16.9 Å². The lowest BCUT2D eigenvalue weighted by atomic mass is 9.88. The highest BCUT2D eigenvalue weighted by Gasteiger charge is 2.31. The van der Waals surface area contributed by atoms with Gasteiger partial charge in [-0.25, -0.2) is 4.79 Å². The van der Waals surface area contributed by atoms with Gasteiger partial charge in [0.1, 0.15) is 11.3 Å². The van der Waals surface area contributed by atoms with Crippen molar-refractivity contribution in [3.8, 4) is 0 Å². The Morgan fingerprint density at radius 2 is 2.06 bits per heavy atom. The van der Waals surface area contributed by atoms with Crippen LogP contribution in [0, 0.1) is 0 Å². The number of nitrogens with zero attached hydrogens (tertiary/aromatic N) is 1. The lowest BCUT2D eigenvalue weighted by Crippen LogP contribution is -2.16. The predicted molar refractivity (Wildman–Crippen MR) is 60.9 cm³/mol. The zero-order chi connectivity index (χ0) is 12.5. The first-order chi connectivity index (χ1) is 7.29. The van der Waals surface area contributed by atoms with Gasteiger partial charge >= 0.3 is 5.97 Å². The third kappa shape index (κ3) is 2.26. The average molecular weight is 225 g/mol. The van der Waals surface area contributed by atoms with Crippen LogP contribution in [0.15, 0.2) is 4.52 Å². The van der Waals surface area contributed by atoms with Crippen molar-refractivity contribution in [2.24, 2.45) is 0 Å². The summed E-state index contributed by atoms with van der Waals surface area (Å²) in [6.45, 7) is 9.71. The Kier molecular flexibility index (Phi) is 3.41. The normalized spacial score (nSPS) is 13.8. The number of carboxylic acid groups (broad SMARTS) is 1. The zero-order valence-corrected chi connectivity index (χ0v) is 10.5. The van der Waals surface area contributed by atoms with Crippen molar-refractivity contribution in [3.63, 3.8) is 0 Å². The standard InChI is InChI=1S/C12H19NO3/c1-6-7(2)9-8(11(14)15)10(16-13-9)12(3,4)5/h7H,6H2,1-5H3,(H,14,15). The molecular weight excluding hydrogens is 206 g/mol. The van der Waals surface area contributed by atoms with Gasteiger partial charge in [-0.3, -0.25) is 0 Å². The number of hydrogen-bond donors (Lipinski definition) is 1. The molecule has 0 aliphatic heterocycles. The molecule has 1 aromatic heterocycles. The number of hydrogen-bond acceptors (Lipinski definition) is 3. The highest BCUT2D eigenvalue weighted by atomic mass is 16.5. The number of carbonyl (C=O) groups is 1. The molecule has 0 aliphatic carbocycles. The van der Waals surface area contributed by atoms with E-state index in [9.17, 15) is 9.90 Å². The van der Waals surface area contributed by atoms with Gasteiger partial charge in [0.15, 0.2) is 5.76 Å². The van der Waals surface area contributed by atoms with Crippen LogP contribution in [-0.2, 0) is 5.41 Å². The molecule has 90 valence electrons. The van der Waals surface area contributed by atoms with Crippen molar-refractivity contribution in [2.75, 3.05) is 0 Å². The smallest absolute Gasteiger partial charge is 0.341 e. The molecule has 0 aliphatic rings. The molecule has 1 atom stereocenters. The Bertz CT molecular complexity index is 387. The second kappa shape index (κ2) is 4.28. The van der Waals surface area contributed by atoms with Crippen LogP contribution in [0.25, 0.3) is 0 Å². The first-order valence-electron chi connectivity index (χ1n) is 5.52. The highest BCUT2D eigenvalue weighted by molar-refractivity contribution is 5.90. The van der Waals surface area contributed by atoms with Gasteiger partial charge in [-0.15, -0.1) is 0 Å². The molecule has 1 heterocycles. The number of rotatable bonds is 3. The molecule has 0 spiro atoms. The fourth-order valence-corrected chi connectivity index (χ4v) is 1.55. The lowest BCUT2D eigenvalue weighted by molar-refractivity contribution is 0.0690. The zero-order valence-electron chi connectivity index (χ0n) is 10.5. The van der Waals surface area contributed by atoms with Gasteiger partial charge in [0.2, 0.25) is 0 Å². The van der Waals surface area contributed by atoms with Crippen LogP contribution in [0.5, 0.6) is 0 Å². The van der Waals surface area contributed by atoms with Gasteiger partial charge in [0.25, 0.3) is 0 Å². The molecule has 0 amide bonds. The van der Waals surface area contributed by atoms with Crippen LogP contribution in [0.2, 0.25) is 0 Å². The molecule has 1 unspecified atom stereocenters. The van der Waals surface area contributed by atoms with E-state index >= 15 is 0 Å². The Labute approximate surface area is 95.6 Å².